The maximum atomic E-state index is 12.3. The number of carbonyl (C=O) groups excluding carboxylic acids is 1. The quantitative estimate of drug-likeness (QED) is 0.652. The van der Waals surface area contributed by atoms with E-state index in [1.807, 2.05) is 6.92 Å². The number of hydrogen-bond acceptors (Lipinski definition) is 3. The zero-order valence-electron chi connectivity index (χ0n) is 13.7. The molecule has 7 nitrogen and oxygen atoms in total. The number of anilines is 1. The Bertz CT molecular complexity index is 598. The van der Waals surface area contributed by atoms with Crippen LogP contribution in [-0.2, 0) is 11.8 Å². The van der Waals surface area contributed by atoms with Gasteiger partial charge in [-0.25, -0.2) is 0 Å². The second-order valence-electron chi connectivity index (χ2n) is 5.44. The molecule has 24 heavy (non-hydrogen) atoms. The van der Waals surface area contributed by atoms with E-state index in [-0.39, 0.29) is 19.0 Å². The van der Waals surface area contributed by atoms with Gasteiger partial charge < -0.3 is 15.1 Å². The van der Waals surface area contributed by atoms with Gasteiger partial charge in [-0.05, 0) is 6.92 Å². The fourth-order valence-corrected chi connectivity index (χ4v) is 2.39. The summed E-state index contributed by atoms with van der Waals surface area (Å²) in [6.07, 6.45) is -1.87. The Hall–Kier alpha value is -2.26. The van der Waals surface area contributed by atoms with Gasteiger partial charge in [-0.15, -0.1) is 0 Å². The maximum Gasteiger partial charge on any atom is 0.390 e. The highest BCUT2D eigenvalue weighted by Crippen LogP contribution is 2.19. The van der Waals surface area contributed by atoms with Crippen molar-refractivity contribution in [2.24, 2.45) is 12.0 Å². The molecule has 0 bridgehead atoms. The number of guanidine groups is 1. The van der Waals surface area contributed by atoms with Gasteiger partial charge in [-0.1, -0.05) is 0 Å². The molecule has 1 fully saturated rings. The van der Waals surface area contributed by atoms with E-state index < -0.39 is 12.6 Å². The zero-order valence-corrected chi connectivity index (χ0v) is 13.7. The highest BCUT2D eigenvalue weighted by Gasteiger charge is 2.29. The number of aryl methyl sites for hydroxylation is 1. The number of aromatic nitrogens is 2. The normalized spacial score (nSPS) is 16.7. The van der Waals surface area contributed by atoms with Gasteiger partial charge in [-0.2, -0.15) is 18.3 Å². The third-order valence-corrected chi connectivity index (χ3v) is 3.51. The van der Waals surface area contributed by atoms with Crippen molar-refractivity contribution >= 4 is 17.6 Å². The summed E-state index contributed by atoms with van der Waals surface area (Å²) in [5.41, 5.74) is 0.709. The lowest BCUT2D eigenvalue weighted by Gasteiger charge is -2.35. The molecule has 0 spiro atoms. The average molecular weight is 346 g/mol. The molecule has 134 valence electrons. The molecule has 0 unspecified atom stereocenters. The monoisotopic (exact) mass is 346 g/mol. The van der Waals surface area contributed by atoms with Gasteiger partial charge in [0.1, 0.15) is 6.54 Å². The number of nitrogens with one attached hydrogen (secondary N) is 1. The molecular formula is C14H21F3N6O. The Kier molecular flexibility index (Phi) is 5.68. The molecule has 0 atom stereocenters. The molecule has 0 aromatic carbocycles. The van der Waals surface area contributed by atoms with Crippen LogP contribution in [0.2, 0.25) is 0 Å². The van der Waals surface area contributed by atoms with Crippen molar-refractivity contribution in [1.29, 1.82) is 0 Å². The van der Waals surface area contributed by atoms with Gasteiger partial charge in [0.25, 0.3) is 0 Å². The minimum atomic E-state index is -4.24. The van der Waals surface area contributed by atoms with E-state index in [0.717, 1.165) is 0 Å². The molecule has 1 aliphatic heterocycles. The minimum Gasteiger partial charge on any atom is -0.357 e. The SMILES string of the molecule is CCNC(=NCCC(F)(F)F)N1CCN(c2cnn(C)c2)C(=O)C1. The van der Waals surface area contributed by atoms with Crippen molar-refractivity contribution in [1.82, 2.24) is 20.0 Å². The first-order valence-corrected chi connectivity index (χ1v) is 7.69. The number of alkyl halides is 3. The van der Waals surface area contributed by atoms with Gasteiger partial charge in [-0.3, -0.25) is 14.5 Å². The summed E-state index contributed by atoms with van der Waals surface area (Å²) in [6, 6.07) is 0. The summed E-state index contributed by atoms with van der Waals surface area (Å²) < 4.78 is 38.4. The summed E-state index contributed by atoms with van der Waals surface area (Å²) in [5.74, 6) is 0.191. The number of nitrogens with zero attached hydrogens (tertiary/aromatic N) is 5. The molecule has 1 N–H and O–H groups in total. The van der Waals surface area contributed by atoms with Gasteiger partial charge in [0.15, 0.2) is 5.96 Å². The van der Waals surface area contributed by atoms with Gasteiger partial charge >= 0.3 is 6.18 Å². The van der Waals surface area contributed by atoms with E-state index in [2.05, 4.69) is 15.4 Å². The van der Waals surface area contributed by atoms with E-state index in [9.17, 15) is 18.0 Å². The standard InChI is InChI=1S/C14H21F3N6O/c1-3-18-13(19-5-4-14(15,16)17)22-6-7-23(12(24)10-22)11-8-20-21(2)9-11/h8-9H,3-7,10H2,1-2H3,(H,18,19). The number of carbonyl (C=O) groups is 1. The minimum absolute atomic E-state index is 0.0622. The van der Waals surface area contributed by atoms with Crippen molar-refractivity contribution in [3.05, 3.63) is 12.4 Å². The van der Waals surface area contributed by atoms with E-state index in [0.29, 0.717) is 31.3 Å². The molecule has 0 aliphatic carbocycles. The molecule has 0 radical (unpaired) electrons. The van der Waals surface area contributed by atoms with Crippen LogP contribution in [0.25, 0.3) is 0 Å². The van der Waals surface area contributed by atoms with E-state index in [4.69, 9.17) is 0 Å². The first kappa shape index (κ1) is 18.1. The van der Waals surface area contributed by atoms with Crippen LogP contribution in [0, 0.1) is 0 Å². The molecule has 0 saturated carbocycles. The Morgan fingerprint density at radius 3 is 2.71 bits per heavy atom. The highest BCUT2D eigenvalue weighted by molar-refractivity contribution is 5.98. The summed E-state index contributed by atoms with van der Waals surface area (Å²) >= 11 is 0. The van der Waals surface area contributed by atoms with Crippen LogP contribution in [0.1, 0.15) is 13.3 Å². The van der Waals surface area contributed by atoms with Gasteiger partial charge in [0.2, 0.25) is 5.91 Å². The fraction of sp³-hybridized carbons (Fsp3) is 0.643. The van der Waals surface area contributed by atoms with Gasteiger partial charge in [0.05, 0.1) is 24.8 Å². The second kappa shape index (κ2) is 7.54. The van der Waals surface area contributed by atoms with Crippen LogP contribution in [0.15, 0.2) is 17.4 Å². The molecule has 1 saturated heterocycles. The number of aliphatic imine (C=N–C) groups is 1. The van der Waals surface area contributed by atoms with Crippen LogP contribution in [0.4, 0.5) is 18.9 Å². The van der Waals surface area contributed by atoms with Crippen LogP contribution < -0.4 is 10.2 Å². The van der Waals surface area contributed by atoms with Crippen LogP contribution >= 0.6 is 0 Å². The molecule has 1 amide bonds. The number of rotatable bonds is 4. The lowest BCUT2D eigenvalue weighted by Crippen LogP contribution is -2.55. The number of hydrogen-bond donors (Lipinski definition) is 1. The third-order valence-electron chi connectivity index (χ3n) is 3.51. The number of amides is 1. The van der Waals surface area contributed by atoms with Crippen LogP contribution in [0.5, 0.6) is 0 Å². The maximum absolute atomic E-state index is 12.3. The summed E-state index contributed by atoms with van der Waals surface area (Å²) in [5, 5.41) is 6.98. The van der Waals surface area contributed by atoms with Crippen molar-refractivity contribution in [3.63, 3.8) is 0 Å². The largest absolute Gasteiger partial charge is 0.390 e. The van der Waals surface area contributed by atoms with Crippen LogP contribution in [0.3, 0.4) is 0 Å². The summed E-state index contributed by atoms with van der Waals surface area (Å²) in [6.45, 7) is 2.96. The number of halogens is 3. The second-order valence-corrected chi connectivity index (χ2v) is 5.44. The molecule has 1 aliphatic rings. The number of piperazine rings is 1. The van der Waals surface area contributed by atoms with Crippen molar-refractivity contribution in [3.8, 4) is 0 Å². The van der Waals surface area contributed by atoms with E-state index in [1.54, 1.807) is 33.9 Å². The lowest BCUT2D eigenvalue weighted by atomic mass is 10.3. The Balaban J connectivity index is 2.00. The van der Waals surface area contributed by atoms with Crippen molar-refractivity contribution in [2.45, 2.75) is 19.5 Å². The predicted octanol–water partition coefficient (Wildman–Crippen LogP) is 0.987. The summed E-state index contributed by atoms with van der Waals surface area (Å²) in [4.78, 5) is 19.6. The van der Waals surface area contributed by atoms with Gasteiger partial charge in [0, 0.05) is 32.9 Å². The Labute approximate surface area is 138 Å². The molecule has 10 heteroatoms. The van der Waals surface area contributed by atoms with Crippen LogP contribution in [-0.4, -0.2) is 65.4 Å². The smallest absolute Gasteiger partial charge is 0.357 e. The highest BCUT2D eigenvalue weighted by atomic mass is 19.4. The molecule has 1 aromatic rings. The lowest BCUT2D eigenvalue weighted by molar-refractivity contribution is -0.132. The molecule has 2 rings (SSSR count). The van der Waals surface area contributed by atoms with E-state index in [1.165, 1.54) is 0 Å². The molecule has 1 aromatic heterocycles. The zero-order chi connectivity index (χ0) is 17.7. The Morgan fingerprint density at radius 1 is 1.42 bits per heavy atom. The third kappa shape index (κ3) is 4.87. The summed E-state index contributed by atoms with van der Waals surface area (Å²) in [7, 11) is 1.76. The predicted molar refractivity (Wildman–Crippen MR) is 83.8 cm³/mol. The Morgan fingerprint density at radius 2 is 2.17 bits per heavy atom. The molecule has 2 heterocycles. The topological polar surface area (TPSA) is 65.8 Å². The first-order valence-electron chi connectivity index (χ1n) is 7.69. The first-order chi connectivity index (χ1) is 11.3. The fourth-order valence-electron chi connectivity index (χ4n) is 2.39. The van der Waals surface area contributed by atoms with Crippen molar-refractivity contribution < 1.29 is 18.0 Å². The molecular weight excluding hydrogens is 325 g/mol. The van der Waals surface area contributed by atoms with Crippen molar-refractivity contribution in [2.75, 3.05) is 37.6 Å². The average Bonchev–Trinajstić information content (AvgIpc) is 2.91. The van der Waals surface area contributed by atoms with E-state index >= 15 is 0 Å².